The van der Waals surface area contributed by atoms with E-state index in [1.165, 1.54) is 5.56 Å². The van der Waals surface area contributed by atoms with E-state index in [9.17, 15) is 9.59 Å². The number of carbonyl (C=O) groups is 2. The SMILES string of the molecule is CC(C)c1ccc(C(=O)N2CCCN(C(=O)c3cccnc3)CC2)cc1. The highest BCUT2D eigenvalue weighted by Crippen LogP contribution is 2.17. The lowest BCUT2D eigenvalue weighted by Gasteiger charge is -2.22. The first-order valence-corrected chi connectivity index (χ1v) is 9.15. The Balaban J connectivity index is 1.64. The molecule has 2 aromatic rings. The molecular formula is C21H25N3O2. The van der Waals surface area contributed by atoms with Crippen molar-refractivity contribution in [3.63, 3.8) is 0 Å². The number of carbonyl (C=O) groups excluding carboxylic acids is 2. The maximum atomic E-state index is 12.8. The van der Waals surface area contributed by atoms with Gasteiger partial charge in [-0.3, -0.25) is 14.6 Å². The van der Waals surface area contributed by atoms with Crippen LogP contribution in [-0.2, 0) is 0 Å². The van der Waals surface area contributed by atoms with Crippen molar-refractivity contribution < 1.29 is 9.59 Å². The molecule has 5 nitrogen and oxygen atoms in total. The van der Waals surface area contributed by atoms with E-state index in [4.69, 9.17) is 0 Å². The first-order valence-electron chi connectivity index (χ1n) is 9.15. The summed E-state index contributed by atoms with van der Waals surface area (Å²) >= 11 is 0. The van der Waals surface area contributed by atoms with Crippen LogP contribution in [0.4, 0.5) is 0 Å². The third-order valence-corrected chi connectivity index (χ3v) is 4.80. The van der Waals surface area contributed by atoms with Crippen LogP contribution in [0.5, 0.6) is 0 Å². The van der Waals surface area contributed by atoms with Crippen LogP contribution in [0.1, 0.15) is 52.5 Å². The van der Waals surface area contributed by atoms with E-state index in [2.05, 4.69) is 18.8 Å². The Morgan fingerprint density at radius 3 is 2.04 bits per heavy atom. The van der Waals surface area contributed by atoms with Crippen LogP contribution in [0.25, 0.3) is 0 Å². The molecule has 0 aliphatic carbocycles. The van der Waals surface area contributed by atoms with Gasteiger partial charge in [-0.1, -0.05) is 26.0 Å². The van der Waals surface area contributed by atoms with Crippen molar-refractivity contribution in [2.45, 2.75) is 26.2 Å². The molecule has 2 heterocycles. The molecule has 5 heteroatoms. The Morgan fingerprint density at radius 2 is 1.50 bits per heavy atom. The van der Waals surface area contributed by atoms with Crippen LogP contribution >= 0.6 is 0 Å². The Kier molecular flexibility index (Phi) is 5.66. The molecular weight excluding hydrogens is 326 g/mol. The van der Waals surface area contributed by atoms with Crippen molar-refractivity contribution in [3.8, 4) is 0 Å². The molecule has 0 spiro atoms. The highest BCUT2D eigenvalue weighted by Gasteiger charge is 2.23. The van der Waals surface area contributed by atoms with E-state index >= 15 is 0 Å². The van der Waals surface area contributed by atoms with Crippen LogP contribution in [0.3, 0.4) is 0 Å². The van der Waals surface area contributed by atoms with Gasteiger partial charge in [-0.2, -0.15) is 0 Å². The molecule has 0 radical (unpaired) electrons. The minimum atomic E-state index is -0.0197. The van der Waals surface area contributed by atoms with Crippen molar-refractivity contribution in [1.29, 1.82) is 0 Å². The van der Waals surface area contributed by atoms with Crippen molar-refractivity contribution in [2.75, 3.05) is 26.2 Å². The lowest BCUT2D eigenvalue weighted by molar-refractivity contribution is 0.0718. The van der Waals surface area contributed by atoms with Crippen molar-refractivity contribution >= 4 is 11.8 Å². The van der Waals surface area contributed by atoms with Gasteiger partial charge < -0.3 is 9.80 Å². The average molecular weight is 351 g/mol. The fourth-order valence-corrected chi connectivity index (χ4v) is 3.19. The second-order valence-corrected chi connectivity index (χ2v) is 6.96. The zero-order valence-corrected chi connectivity index (χ0v) is 15.4. The van der Waals surface area contributed by atoms with E-state index in [1.807, 2.05) is 34.1 Å². The molecule has 3 rings (SSSR count). The highest BCUT2D eigenvalue weighted by molar-refractivity contribution is 5.95. The number of hydrogen-bond donors (Lipinski definition) is 0. The fourth-order valence-electron chi connectivity index (χ4n) is 3.19. The number of hydrogen-bond acceptors (Lipinski definition) is 3. The van der Waals surface area contributed by atoms with Gasteiger partial charge >= 0.3 is 0 Å². The third kappa shape index (κ3) is 4.10. The standard InChI is InChI=1S/C21H25N3O2/c1-16(2)17-6-8-18(9-7-17)20(25)23-11-4-12-24(14-13-23)21(26)19-5-3-10-22-15-19/h3,5-10,15-16H,4,11-14H2,1-2H3. The lowest BCUT2D eigenvalue weighted by atomic mass is 10.0. The quantitative estimate of drug-likeness (QED) is 0.853. The van der Waals surface area contributed by atoms with E-state index in [0.29, 0.717) is 43.2 Å². The number of amides is 2. The Morgan fingerprint density at radius 1 is 0.885 bits per heavy atom. The molecule has 1 aliphatic rings. The summed E-state index contributed by atoms with van der Waals surface area (Å²) in [6.45, 7) is 6.70. The predicted octanol–water partition coefficient (Wildman–Crippen LogP) is 3.19. The van der Waals surface area contributed by atoms with Gasteiger partial charge in [-0.05, 0) is 42.2 Å². The largest absolute Gasteiger partial charge is 0.337 e. The van der Waals surface area contributed by atoms with Gasteiger partial charge in [0.1, 0.15) is 0 Å². The molecule has 0 unspecified atom stereocenters. The van der Waals surface area contributed by atoms with Crippen LogP contribution in [0.2, 0.25) is 0 Å². The number of aromatic nitrogens is 1. The summed E-state index contributed by atoms with van der Waals surface area (Å²) in [6, 6.07) is 11.4. The molecule has 136 valence electrons. The predicted molar refractivity (Wildman–Crippen MR) is 101 cm³/mol. The van der Waals surface area contributed by atoms with Gasteiger partial charge in [-0.25, -0.2) is 0 Å². The molecule has 1 fully saturated rings. The van der Waals surface area contributed by atoms with Crippen LogP contribution in [-0.4, -0.2) is 52.8 Å². The number of benzene rings is 1. The summed E-state index contributed by atoms with van der Waals surface area (Å²) in [5, 5.41) is 0. The Hall–Kier alpha value is -2.69. The maximum Gasteiger partial charge on any atom is 0.255 e. The fraction of sp³-hybridized carbons (Fsp3) is 0.381. The molecule has 1 saturated heterocycles. The molecule has 1 aliphatic heterocycles. The maximum absolute atomic E-state index is 12.8. The van der Waals surface area contributed by atoms with Gasteiger partial charge in [0.2, 0.25) is 0 Å². The molecule has 1 aromatic carbocycles. The minimum absolute atomic E-state index is 0.0197. The number of nitrogens with zero attached hydrogens (tertiary/aromatic N) is 3. The Bertz CT molecular complexity index is 757. The van der Waals surface area contributed by atoms with Crippen LogP contribution < -0.4 is 0 Å². The minimum Gasteiger partial charge on any atom is -0.337 e. The number of pyridine rings is 1. The first-order chi connectivity index (χ1) is 12.6. The van der Waals surface area contributed by atoms with E-state index in [1.54, 1.807) is 24.5 Å². The molecule has 26 heavy (non-hydrogen) atoms. The molecule has 0 saturated carbocycles. The molecule has 0 atom stereocenters. The molecule has 1 aromatic heterocycles. The smallest absolute Gasteiger partial charge is 0.255 e. The van der Waals surface area contributed by atoms with E-state index in [-0.39, 0.29) is 11.8 Å². The van der Waals surface area contributed by atoms with E-state index in [0.717, 1.165) is 6.42 Å². The summed E-state index contributed by atoms with van der Waals surface area (Å²) < 4.78 is 0. The summed E-state index contributed by atoms with van der Waals surface area (Å²) in [5.41, 5.74) is 2.53. The highest BCUT2D eigenvalue weighted by atomic mass is 16.2. The Labute approximate surface area is 154 Å². The summed E-state index contributed by atoms with van der Waals surface area (Å²) in [5.74, 6) is 0.467. The third-order valence-electron chi connectivity index (χ3n) is 4.80. The second kappa shape index (κ2) is 8.13. The summed E-state index contributed by atoms with van der Waals surface area (Å²) in [6.07, 6.45) is 4.03. The van der Waals surface area contributed by atoms with Crippen molar-refractivity contribution in [2.24, 2.45) is 0 Å². The average Bonchev–Trinajstić information content (AvgIpc) is 2.94. The zero-order chi connectivity index (χ0) is 18.5. The molecule has 2 amide bonds. The second-order valence-electron chi connectivity index (χ2n) is 6.96. The molecule has 0 N–H and O–H groups in total. The van der Waals surface area contributed by atoms with Gasteiger partial charge in [0, 0.05) is 44.1 Å². The zero-order valence-electron chi connectivity index (χ0n) is 15.4. The van der Waals surface area contributed by atoms with Gasteiger partial charge in [0.15, 0.2) is 0 Å². The molecule has 0 bridgehead atoms. The van der Waals surface area contributed by atoms with Crippen molar-refractivity contribution in [1.82, 2.24) is 14.8 Å². The monoisotopic (exact) mass is 351 g/mol. The lowest BCUT2D eigenvalue weighted by Crippen LogP contribution is -2.37. The van der Waals surface area contributed by atoms with Gasteiger partial charge in [0.25, 0.3) is 11.8 Å². The topological polar surface area (TPSA) is 53.5 Å². The summed E-state index contributed by atoms with van der Waals surface area (Å²) in [7, 11) is 0. The van der Waals surface area contributed by atoms with Gasteiger partial charge in [0.05, 0.1) is 5.56 Å². The number of rotatable bonds is 3. The normalized spacial score (nSPS) is 15.0. The first kappa shape index (κ1) is 18.1. The van der Waals surface area contributed by atoms with Crippen molar-refractivity contribution in [3.05, 3.63) is 65.5 Å². The van der Waals surface area contributed by atoms with Gasteiger partial charge in [-0.15, -0.1) is 0 Å². The summed E-state index contributed by atoms with van der Waals surface area (Å²) in [4.78, 5) is 33.0. The van der Waals surface area contributed by atoms with E-state index < -0.39 is 0 Å². The van der Waals surface area contributed by atoms with Crippen LogP contribution in [0, 0.1) is 0 Å². The van der Waals surface area contributed by atoms with Crippen LogP contribution in [0.15, 0.2) is 48.8 Å².